The smallest absolute Gasteiger partial charge is 0.183 e. The summed E-state index contributed by atoms with van der Waals surface area (Å²) in [5, 5.41) is 5.14. The lowest BCUT2D eigenvalue weighted by molar-refractivity contribution is 1.01. The van der Waals surface area contributed by atoms with Crippen molar-refractivity contribution in [3.63, 3.8) is 0 Å². The molecule has 0 spiro atoms. The van der Waals surface area contributed by atoms with E-state index in [9.17, 15) is 0 Å². The molecule has 2 rings (SSSR count). The molecular weight excluding hydrogens is 252 g/mol. The fourth-order valence-corrected chi connectivity index (χ4v) is 2.48. The van der Waals surface area contributed by atoms with E-state index in [1.165, 1.54) is 10.4 Å². The van der Waals surface area contributed by atoms with Crippen LogP contribution in [0.2, 0.25) is 5.02 Å². The molecule has 90 valence electrons. The molecule has 0 fully saturated rings. The first kappa shape index (κ1) is 12.4. The summed E-state index contributed by atoms with van der Waals surface area (Å²) in [4.78, 5) is 5.72. The van der Waals surface area contributed by atoms with E-state index in [0.29, 0.717) is 0 Å². The van der Waals surface area contributed by atoms with E-state index in [1.807, 2.05) is 19.1 Å². The zero-order chi connectivity index (χ0) is 12.3. The van der Waals surface area contributed by atoms with Crippen LogP contribution in [0.5, 0.6) is 0 Å². The van der Waals surface area contributed by atoms with E-state index in [2.05, 4.69) is 29.4 Å². The van der Waals surface area contributed by atoms with Gasteiger partial charge in [0.05, 0.1) is 5.69 Å². The monoisotopic (exact) mass is 266 g/mol. The van der Waals surface area contributed by atoms with E-state index >= 15 is 0 Å². The van der Waals surface area contributed by atoms with Crippen molar-refractivity contribution >= 4 is 28.1 Å². The summed E-state index contributed by atoms with van der Waals surface area (Å²) in [6, 6.07) is 7.97. The Bertz CT molecular complexity index is 471. The summed E-state index contributed by atoms with van der Waals surface area (Å²) < 4.78 is 0. The molecule has 4 heteroatoms. The molecule has 0 unspecified atom stereocenters. The SMILES string of the molecule is Cc1nc(NCCc2ccc(Cl)cc2)sc1C. The number of nitrogens with one attached hydrogen (secondary N) is 1. The van der Waals surface area contributed by atoms with Crippen LogP contribution in [0.1, 0.15) is 16.1 Å². The number of anilines is 1. The number of hydrogen-bond donors (Lipinski definition) is 1. The Balaban J connectivity index is 1.85. The Morgan fingerprint density at radius 2 is 1.94 bits per heavy atom. The van der Waals surface area contributed by atoms with Crippen molar-refractivity contribution in [2.24, 2.45) is 0 Å². The third kappa shape index (κ3) is 3.45. The Labute approximate surface area is 111 Å². The minimum absolute atomic E-state index is 0.785. The maximum absolute atomic E-state index is 5.84. The Morgan fingerprint density at radius 1 is 1.24 bits per heavy atom. The van der Waals surface area contributed by atoms with Crippen LogP contribution >= 0.6 is 22.9 Å². The summed E-state index contributed by atoms with van der Waals surface area (Å²) in [6.07, 6.45) is 0.981. The highest BCUT2D eigenvalue weighted by Crippen LogP contribution is 2.21. The molecule has 17 heavy (non-hydrogen) atoms. The maximum Gasteiger partial charge on any atom is 0.183 e. The highest BCUT2D eigenvalue weighted by Gasteiger charge is 2.02. The van der Waals surface area contributed by atoms with E-state index in [-0.39, 0.29) is 0 Å². The fraction of sp³-hybridized carbons (Fsp3) is 0.308. The molecule has 0 aliphatic rings. The lowest BCUT2D eigenvalue weighted by atomic mass is 10.1. The first-order valence-electron chi connectivity index (χ1n) is 5.57. The Morgan fingerprint density at radius 3 is 2.53 bits per heavy atom. The van der Waals surface area contributed by atoms with Crippen LogP contribution < -0.4 is 5.32 Å². The number of thiazole rings is 1. The summed E-state index contributed by atoms with van der Waals surface area (Å²) in [6.45, 7) is 5.03. The van der Waals surface area contributed by atoms with Gasteiger partial charge in [-0.05, 0) is 38.0 Å². The van der Waals surface area contributed by atoms with Gasteiger partial charge in [-0.2, -0.15) is 0 Å². The number of aryl methyl sites for hydroxylation is 2. The van der Waals surface area contributed by atoms with Gasteiger partial charge in [-0.3, -0.25) is 0 Å². The fourth-order valence-electron chi connectivity index (χ4n) is 1.51. The van der Waals surface area contributed by atoms with E-state index < -0.39 is 0 Å². The predicted octanol–water partition coefficient (Wildman–Crippen LogP) is 4.07. The molecule has 1 aromatic carbocycles. The van der Waals surface area contributed by atoms with Crippen LogP contribution in [0.25, 0.3) is 0 Å². The molecule has 1 N–H and O–H groups in total. The van der Waals surface area contributed by atoms with Gasteiger partial charge in [-0.25, -0.2) is 4.98 Å². The highest BCUT2D eigenvalue weighted by molar-refractivity contribution is 7.15. The standard InChI is InChI=1S/C13H15ClN2S/c1-9-10(2)17-13(16-9)15-8-7-11-3-5-12(14)6-4-11/h3-6H,7-8H2,1-2H3,(H,15,16). The lowest BCUT2D eigenvalue weighted by Gasteiger charge is -2.03. The zero-order valence-electron chi connectivity index (χ0n) is 9.96. The van der Waals surface area contributed by atoms with Crippen molar-refractivity contribution in [1.82, 2.24) is 4.98 Å². The summed E-state index contributed by atoms with van der Waals surface area (Å²) in [7, 11) is 0. The second kappa shape index (κ2) is 5.52. The number of nitrogens with zero attached hydrogens (tertiary/aromatic N) is 1. The lowest BCUT2D eigenvalue weighted by Crippen LogP contribution is -2.04. The summed E-state index contributed by atoms with van der Waals surface area (Å²) >= 11 is 7.55. The van der Waals surface area contributed by atoms with Crippen LogP contribution in [0, 0.1) is 13.8 Å². The Hall–Kier alpha value is -1.06. The van der Waals surface area contributed by atoms with Crippen LogP contribution in [-0.2, 0) is 6.42 Å². The normalized spacial score (nSPS) is 10.5. The number of hydrogen-bond acceptors (Lipinski definition) is 3. The highest BCUT2D eigenvalue weighted by atomic mass is 35.5. The quantitative estimate of drug-likeness (QED) is 0.902. The molecule has 1 aromatic heterocycles. The van der Waals surface area contributed by atoms with Gasteiger partial charge in [-0.15, -0.1) is 11.3 Å². The van der Waals surface area contributed by atoms with Gasteiger partial charge in [0.1, 0.15) is 0 Å². The van der Waals surface area contributed by atoms with Crippen molar-refractivity contribution in [2.45, 2.75) is 20.3 Å². The van der Waals surface area contributed by atoms with Gasteiger partial charge in [0.25, 0.3) is 0 Å². The molecule has 0 saturated heterocycles. The van der Waals surface area contributed by atoms with E-state index in [4.69, 9.17) is 11.6 Å². The molecule has 0 saturated carbocycles. The average molecular weight is 267 g/mol. The van der Waals surface area contributed by atoms with Crippen molar-refractivity contribution in [2.75, 3.05) is 11.9 Å². The van der Waals surface area contributed by atoms with Gasteiger partial charge in [0.2, 0.25) is 0 Å². The van der Waals surface area contributed by atoms with Gasteiger partial charge in [0.15, 0.2) is 5.13 Å². The van der Waals surface area contributed by atoms with E-state index in [1.54, 1.807) is 11.3 Å². The van der Waals surface area contributed by atoms with Crippen molar-refractivity contribution in [1.29, 1.82) is 0 Å². The zero-order valence-corrected chi connectivity index (χ0v) is 11.5. The average Bonchev–Trinajstić information content (AvgIpc) is 2.61. The second-order valence-electron chi connectivity index (χ2n) is 3.96. The first-order valence-corrected chi connectivity index (χ1v) is 6.77. The van der Waals surface area contributed by atoms with Gasteiger partial charge in [0, 0.05) is 16.4 Å². The molecule has 0 amide bonds. The molecule has 0 aliphatic heterocycles. The predicted molar refractivity (Wildman–Crippen MR) is 75.2 cm³/mol. The van der Waals surface area contributed by atoms with Gasteiger partial charge >= 0.3 is 0 Å². The molecule has 0 bridgehead atoms. The minimum Gasteiger partial charge on any atom is -0.361 e. The summed E-state index contributed by atoms with van der Waals surface area (Å²) in [5.74, 6) is 0. The molecular formula is C13H15ClN2S. The maximum atomic E-state index is 5.84. The number of rotatable bonds is 4. The van der Waals surface area contributed by atoms with Gasteiger partial charge in [-0.1, -0.05) is 23.7 Å². The molecule has 0 radical (unpaired) electrons. The Kier molecular flexibility index (Phi) is 4.02. The number of halogens is 1. The molecule has 0 aliphatic carbocycles. The molecule has 2 nitrogen and oxygen atoms in total. The third-order valence-corrected chi connectivity index (χ3v) is 3.91. The van der Waals surface area contributed by atoms with Crippen LogP contribution in [0.3, 0.4) is 0 Å². The number of benzene rings is 1. The van der Waals surface area contributed by atoms with E-state index in [0.717, 1.165) is 28.8 Å². The van der Waals surface area contributed by atoms with Crippen molar-refractivity contribution in [3.8, 4) is 0 Å². The first-order chi connectivity index (χ1) is 8.15. The topological polar surface area (TPSA) is 24.9 Å². The van der Waals surface area contributed by atoms with Gasteiger partial charge < -0.3 is 5.32 Å². The third-order valence-electron chi connectivity index (χ3n) is 2.63. The second-order valence-corrected chi connectivity index (χ2v) is 5.60. The van der Waals surface area contributed by atoms with Crippen molar-refractivity contribution in [3.05, 3.63) is 45.4 Å². The van der Waals surface area contributed by atoms with Crippen LogP contribution in [-0.4, -0.2) is 11.5 Å². The van der Waals surface area contributed by atoms with Crippen LogP contribution in [0.4, 0.5) is 5.13 Å². The molecule has 1 heterocycles. The summed E-state index contributed by atoms with van der Waals surface area (Å²) in [5.41, 5.74) is 2.40. The molecule has 0 atom stereocenters. The minimum atomic E-state index is 0.785. The van der Waals surface area contributed by atoms with Crippen LogP contribution in [0.15, 0.2) is 24.3 Å². The van der Waals surface area contributed by atoms with Crippen molar-refractivity contribution < 1.29 is 0 Å². The number of aromatic nitrogens is 1. The largest absolute Gasteiger partial charge is 0.361 e. The molecule has 2 aromatic rings.